The van der Waals surface area contributed by atoms with E-state index in [4.69, 9.17) is 11.0 Å². The first-order chi connectivity index (χ1) is 9.86. The standard InChI is InChI=1S/C15H21N3O2S/c1-11-5-6-13(9-16)8-15(11)21(19,20)18-7-3-4-14(10-18)12(2)17/h5-6,8,12,14H,3-4,7,10,17H2,1-2H3. The summed E-state index contributed by atoms with van der Waals surface area (Å²) in [5, 5.41) is 8.97. The summed E-state index contributed by atoms with van der Waals surface area (Å²) in [6.45, 7) is 4.64. The average molecular weight is 307 g/mol. The van der Waals surface area contributed by atoms with E-state index in [2.05, 4.69) is 0 Å². The van der Waals surface area contributed by atoms with Crippen molar-refractivity contribution in [1.29, 1.82) is 5.26 Å². The number of hydrogen-bond donors (Lipinski definition) is 1. The summed E-state index contributed by atoms with van der Waals surface area (Å²) in [6.07, 6.45) is 1.78. The zero-order valence-electron chi connectivity index (χ0n) is 12.4. The molecule has 1 heterocycles. The number of nitrogens with zero attached hydrogens (tertiary/aromatic N) is 2. The van der Waals surface area contributed by atoms with Crippen LogP contribution in [0.15, 0.2) is 23.1 Å². The second-order valence-electron chi connectivity index (χ2n) is 5.72. The molecule has 0 aliphatic carbocycles. The van der Waals surface area contributed by atoms with Gasteiger partial charge in [0.05, 0.1) is 16.5 Å². The predicted molar refractivity (Wildman–Crippen MR) is 81.0 cm³/mol. The fourth-order valence-electron chi connectivity index (χ4n) is 2.71. The Morgan fingerprint density at radius 2 is 2.19 bits per heavy atom. The van der Waals surface area contributed by atoms with E-state index >= 15 is 0 Å². The first-order valence-corrected chi connectivity index (χ1v) is 8.56. The number of benzene rings is 1. The molecule has 1 fully saturated rings. The van der Waals surface area contributed by atoms with Crippen LogP contribution in [0.25, 0.3) is 0 Å². The Morgan fingerprint density at radius 1 is 1.48 bits per heavy atom. The Hall–Kier alpha value is -1.42. The second kappa shape index (κ2) is 6.14. The van der Waals surface area contributed by atoms with Crippen molar-refractivity contribution < 1.29 is 8.42 Å². The van der Waals surface area contributed by atoms with Crippen LogP contribution in [0.5, 0.6) is 0 Å². The highest BCUT2D eigenvalue weighted by Crippen LogP contribution is 2.27. The van der Waals surface area contributed by atoms with Crippen molar-refractivity contribution in [3.8, 4) is 6.07 Å². The van der Waals surface area contributed by atoms with Crippen LogP contribution in [0, 0.1) is 24.2 Å². The van der Waals surface area contributed by atoms with Gasteiger partial charge < -0.3 is 5.73 Å². The Bertz CT molecular complexity index is 662. The van der Waals surface area contributed by atoms with Crippen molar-refractivity contribution >= 4 is 10.0 Å². The zero-order chi connectivity index (χ0) is 15.6. The van der Waals surface area contributed by atoms with Crippen LogP contribution in [-0.2, 0) is 10.0 Å². The Labute approximate surface area is 126 Å². The first-order valence-electron chi connectivity index (χ1n) is 7.12. The molecule has 1 aromatic carbocycles. The molecule has 0 radical (unpaired) electrons. The molecule has 1 saturated heterocycles. The lowest BCUT2D eigenvalue weighted by atomic mass is 9.93. The molecule has 21 heavy (non-hydrogen) atoms. The quantitative estimate of drug-likeness (QED) is 0.919. The number of sulfonamides is 1. The van der Waals surface area contributed by atoms with Gasteiger partial charge in [-0.2, -0.15) is 9.57 Å². The molecular formula is C15H21N3O2S. The van der Waals surface area contributed by atoms with Crippen molar-refractivity contribution in [1.82, 2.24) is 4.31 Å². The van der Waals surface area contributed by atoms with E-state index in [1.54, 1.807) is 19.1 Å². The molecule has 6 heteroatoms. The van der Waals surface area contributed by atoms with E-state index < -0.39 is 10.0 Å². The molecule has 2 rings (SSSR count). The fourth-order valence-corrected chi connectivity index (χ4v) is 4.49. The van der Waals surface area contributed by atoms with Crippen molar-refractivity contribution in [2.45, 2.75) is 37.6 Å². The van der Waals surface area contributed by atoms with Gasteiger partial charge in [-0.1, -0.05) is 6.07 Å². The normalized spacial score (nSPS) is 21.7. The molecule has 2 unspecified atom stereocenters. The van der Waals surface area contributed by atoms with E-state index in [0.717, 1.165) is 12.8 Å². The third-order valence-electron chi connectivity index (χ3n) is 4.10. The fraction of sp³-hybridized carbons (Fsp3) is 0.533. The molecule has 0 amide bonds. The average Bonchev–Trinajstić information content (AvgIpc) is 2.47. The van der Waals surface area contributed by atoms with Crippen molar-refractivity contribution in [2.24, 2.45) is 11.7 Å². The minimum absolute atomic E-state index is 0.0189. The third-order valence-corrected chi connectivity index (χ3v) is 6.11. The van der Waals surface area contributed by atoms with Crippen molar-refractivity contribution in [3.05, 3.63) is 29.3 Å². The third kappa shape index (κ3) is 3.26. The van der Waals surface area contributed by atoms with Gasteiger partial charge in [-0.05, 0) is 50.3 Å². The Balaban J connectivity index is 2.36. The molecule has 0 spiro atoms. The van der Waals surface area contributed by atoms with Crippen LogP contribution in [-0.4, -0.2) is 31.9 Å². The summed E-state index contributed by atoms with van der Waals surface area (Å²) >= 11 is 0. The predicted octanol–water partition coefficient (Wildman–Crippen LogP) is 1.61. The zero-order valence-corrected chi connectivity index (χ0v) is 13.2. The smallest absolute Gasteiger partial charge is 0.243 e. The van der Waals surface area contributed by atoms with Gasteiger partial charge in [0.1, 0.15) is 0 Å². The van der Waals surface area contributed by atoms with E-state index in [-0.39, 0.29) is 16.9 Å². The number of rotatable bonds is 3. The summed E-state index contributed by atoms with van der Waals surface area (Å²) in [5.41, 5.74) is 6.95. The van der Waals surface area contributed by atoms with Crippen molar-refractivity contribution in [3.63, 3.8) is 0 Å². The van der Waals surface area contributed by atoms with E-state index in [9.17, 15) is 8.42 Å². The minimum atomic E-state index is -3.57. The molecular weight excluding hydrogens is 286 g/mol. The molecule has 114 valence electrons. The van der Waals surface area contributed by atoms with Crippen LogP contribution in [0.1, 0.15) is 30.9 Å². The lowest BCUT2D eigenvalue weighted by Crippen LogP contribution is -2.45. The summed E-state index contributed by atoms with van der Waals surface area (Å²) in [5.74, 6) is 0.188. The van der Waals surface area contributed by atoms with Crippen LogP contribution in [0.3, 0.4) is 0 Å². The monoisotopic (exact) mass is 307 g/mol. The highest BCUT2D eigenvalue weighted by molar-refractivity contribution is 7.89. The van der Waals surface area contributed by atoms with Gasteiger partial charge >= 0.3 is 0 Å². The summed E-state index contributed by atoms with van der Waals surface area (Å²) in [4.78, 5) is 0.229. The lowest BCUT2D eigenvalue weighted by molar-refractivity contribution is 0.243. The van der Waals surface area contributed by atoms with E-state index in [0.29, 0.717) is 24.2 Å². The van der Waals surface area contributed by atoms with E-state index in [1.807, 2.05) is 13.0 Å². The number of piperidine rings is 1. The Morgan fingerprint density at radius 3 is 2.81 bits per heavy atom. The summed E-state index contributed by atoms with van der Waals surface area (Å²) in [7, 11) is -3.57. The van der Waals surface area contributed by atoms with Crippen LogP contribution >= 0.6 is 0 Å². The van der Waals surface area contributed by atoms with Crippen LogP contribution < -0.4 is 5.73 Å². The number of nitrogens with two attached hydrogens (primary N) is 1. The van der Waals surface area contributed by atoms with Crippen LogP contribution in [0.4, 0.5) is 0 Å². The molecule has 0 bridgehead atoms. The molecule has 1 aliphatic rings. The van der Waals surface area contributed by atoms with Gasteiger partial charge in [-0.3, -0.25) is 0 Å². The summed E-state index contributed by atoms with van der Waals surface area (Å²) in [6, 6.07) is 6.75. The van der Waals surface area contributed by atoms with Gasteiger partial charge in [0.25, 0.3) is 0 Å². The number of aryl methyl sites for hydroxylation is 1. The lowest BCUT2D eigenvalue weighted by Gasteiger charge is -2.34. The minimum Gasteiger partial charge on any atom is -0.328 e. The maximum absolute atomic E-state index is 12.8. The molecule has 1 aliphatic heterocycles. The van der Waals surface area contributed by atoms with Gasteiger partial charge in [-0.25, -0.2) is 8.42 Å². The molecule has 0 aromatic heterocycles. The van der Waals surface area contributed by atoms with E-state index in [1.165, 1.54) is 10.4 Å². The highest BCUT2D eigenvalue weighted by Gasteiger charge is 2.32. The maximum Gasteiger partial charge on any atom is 0.243 e. The SMILES string of the molecule is Cc1ccc(C#N)cc1S(=O)(=O)N1CCCC(C(C)N)C1. The highest BCUT2D eigenvalue weighted by atomic mass is 32.2. The maximum atomic E-state index is 12.8. The molecule has 0 saturated carbocycles. The number of hydrogen-bond acceptors (Lipinski definition) is 4. The largest absolute Gasteiger partial charge is 0.328 e. The van der Waals surface area contributed by atoms with Gasteiger partial charge in [-0.15, -0.1) is 0 Å². The molecule has 1 aromatic rings. The molecule has 2 N–H and O–H groups in total. The van der Waals surface area contributed by atoms with Gasteiger partial charge in [0.15, 0.2) is 0 Å². The summed E-state index contributed by atoms with van der Waals surface area (Å²) < 4.78 is 27.1. The molecule has 2 atom stereocenters. The molecule has 5 nitrogen and oxygen atoms in total. The topological polar surface area (TPSA) is 87.2 Å². The number of nitriles is 1. The van der Waals surface area contributed by atoms with Gasteiger partial charge in [0, 0.05) is 19.1 Å². The van der Waals surface area contributed by atoms with Crippen molar-refractivity contribution in [2.75, 3.05) is 13.1 Å². The second-order valence-corrected chi connectivity index (χ2v) is 7.62. The Kier molecular flexibility index (Phi) is 4.67. The first kappa shape index (κ1) is 16.0. The van der Waals surface area contributed by atoms with Gasteiger partial charge in [0.2, 0.25) is 10.0 Å². The van der Waals surface area contributed by atoms with Crippen LogP contribution in [0.2, 0.25) is 0 Å².